The van der Waals surface area contributed by atoms with Gasteiger partial charge in [-0.25, -0.2) is 15.0 Å². The van der Waals surface area contributed by atoms with Gasteiger partial charge in [0.1, 0.15) is 22.3 Å². The molecule has 0 saturated carbocycles. The third-order valence-corrected chi connectivity index (χ3v) is 9.88. The summed E-state index contributed by atoms with van der Waals surface area (Å²) in [7, 11) is 0. The zero-order chi connectivity index (χ0) is 40.8. The molecule has 0 aliphatic heterocycles. The summed E-state index contributed by atoms with van der Waals surface area (Å²) < 4.78 is 65.1. The van der Waals surface area contributed by atoms with Crippen molar-refractivity contribution in [2.45, 2.75) is 0 Å². The van der Waals surface area contributed by atoms with E-state index in [0.29, 0.717) is 61.5 Å². The summed E-state index contributed by atoms with van der Waals surface area (Å²) in [6.45, 7) is 0. The van der Waals surface area contributed by atoms with Crippen molar-refractivity contribution in [3.8, 4) is 56.4 Å². The van der Waals surface area contributed by atoms with Gasteiger partial charge < -0.3 is 8.83 Å². The standard InChI is InChI=1S/C49H29N3O2/c1-3-11-30(12-4-1)38-18-9-19-40-39-27-26-35(29-43(39)54-45(38)40)49-51-47(33-14-5-2-6-15-33)50-48(52-49)34-23-21-32(22-24-34)36-17-10-20-42-44(36)41-28-25-31-13-7-8-16-37(31)46(41)53-42/h1-29H/i7D,10D,13D,17D,25D,28D. The molecule has 11 aromatic rings. The van der Waals surface area contributed by atoms with Gasteiger partial charge in [0.25, 0.3) is 0 Å². The van der Waals surface area contributed by atoms with Gasteiger partial charge >= 0.3 is 0 Å². The molecule has 8 aromatic carbocycles. The fourth-order valence-electron chi connectivity index (χ4n) is 7.28. The van der Waals surface area contributed by atoms with Crippen molar-refractivity contribution >= 4 is 54.6 Å². The molecule has 0 radical (unpaired) electrons. The molecule has 0 aliphatic rings. The number of hydrogen-bond donors (Lipinski definition) is 0. The Bertz CT molecular complexity index is 3550. The van der Waals surface area contributed by atoms with E-state index in [2.05, 4.69) is 24.3 Å². The Morgan fingerprint density at radius 2 is 1.04 bits per heavy atom. The molecular formula is C49H29N3O2. The van der Waals surface area contributed by atoms with E-state index in [4.69, 9.17) is 32.0 Å². The topological polar surface area (TPSA) is 65.0 Å². The van der Waals surface area contributed by atoms with Gasteiger partial charge in [0.2, 0.25) is 0 Å². The maximum Gasteiger partial charge on any atom is 0.164 e. The maximum atomic E-state index is 9.06. The van der Waals surface area contributed by atoms with Crippen molar-refractivity contribution in [3.63, 3.8) is 0 Å². The first-order chi connectivity index (χ1) is 29.2. The number of hydrogen-bond acceptors (Lipinski definition) is 5. The summed E-state index contributed by atoms with van der Waals surface area (Å²) in [5, 5.41) is 3.34. The smallest absolute Gasteiger partial charge is 0.164 e. The first-order valence-electron chi connectivity index (χ1n) is 20.5. The third-order valence-electron chi connectivity index (χ3n) is 9.88. The number of para-hydroxylation sites is 1. The molecule has 0 N–H and O–H groups in total. The molecule has 5 nitrogen and oxygen atoms in total. The molecule has 0 spiro atoms. The minimum atomic E-state index is -0.196. The normalized spacial score (nSPS) is 13.3. The van der Waals surface area contributed by atoms with Crippen molar-refractivity contribution in [1.82, 2.24) is 15.0 Å². The lowest BCUT2D eigenvalue weighted by Crippen LogP contribution is -2.00. The lowest BCUT2D eigenvalue weighted by atomic mass is 9.97. The van der Waals surface area contributed by atoms with Crippen LogP contribution in [0.5, 0.6) is 0 Å². The molecule has 0 amide bonds. The number of benzene rings is 8. The van der Waals surface area contributed by atoms with E-state index < -0.39 is 0 Å². The SMILES string of the molecule is [2H]c1cc2oc3c4ccc([2H])c([2H])c4c([2H])c([2H])c3c2c(-c2ccc(-c3nc(-c4ccccc4)nc(-c4ccc5c(c4)oc4c(-c6ccccc6)cccc45)n3)cc2)c1[2H]. The Hall–Kier alpha value is -7.37. The van der Waals surface area contributed by atoms with Gasteiger partial charge in [-0.1, -0.05) is 152 Å². The summed E-state index contributed by atoms with van der Waals surface area (Å²) in [4.78, 5) is 14.8. The summed E-state index contributed by atoms with van der Waals surface area (Å²) in [5.41, 5.74) is 7.41. The molecule has 5 heteroatoms. The Kier molecular flexibility index (Phi) is 5.55. The zero-order valence-electron chi connectivity index (χ0n) is 34.4. The Morgan fingerprint density at radius 3 is 1.83 bits per heavy atom. The molecule has 0 aliphatic carbocycles. The first kappa shape index (κ1) is 24.8. The quantitative estimate of drug-likeness (QED) is 0.179. The molecule has 3 aromatic heterocycles. The number of nitrogens with zero attached hydrogens (tertiary/aromatic N) is 3. The van der Waals surface area contributed by atoms with E-state index in [1.807, 2.05) is 97.1 Å². The van der Waals surface area contributed by atoms with Gasteiger partial charge in [-0.3, -0.25) is 0 Å². The Labute approximate surface area is 318 Å². The van der Waals surface area contributed by atoms with Crippen LogP contribution in [-0.4, -0.2) is 15.0 Å². The van der Waals surface area contributed by atoms with E-state index in [0.717, 1.165) is 38.6 Å². The highest BCUT2D eigenvalue weighted by molar-refractivity contribution is 6.19. The second kappa shape index (κ2) is 12.1. The number of furan rings is 2. The second-order valence-corrected chi connectivity index (χ2v) is 13.1. The summed E-state index contributed by atoms with van der Waals surface area (Å²) in [6, 6.07) is 43.3. The molecule has 0 unspecified atom stereocenters. The second-order valence-electron chi connectivity index (χ2n) is 13.1. The molecule has 0 saturated heterocycles. The highest BCUT2D eigenvalue weighted by atomic mass is 16.3. The minimum absolute atomic E-state index is 0.0559. The fraction of sp³-hybridized carbons (Fsp3) is 0. The van der Waals surface area contributed by atoms with Crippen LogP contribution < -0.4 is 0 Å². The average molecular weight is 698 g/mol. The lowest BCUT2D eigenvalue weighted by Gasteiger charge is -2.09. The maximum absolute atomic E-state index is 9.06. The minimum Gasteiger partial charge on any atom is -0.455 e. The summed E-state index contributed by atoms with van der Waals surface area (Å²) >= 11 is 0. The Balaban J connectivity index is 1.05. The molecule has 252 valence electrons. The third kappa shape index (κ3) is 4.90. The lowest BCUT2D eigenvalue weighted by molar-refractivity contribution is 0.670. The van der Waals surface area contributed by atoms with Crippen LogP contribution in [0.25, 0.3) is 111 Å². The van der Waals surface area contributed by atoms with Crippen LogP contribution in [0.15, 0.2) is 185 Å². The molecule has 11 rings (SSSR count). The summed E-state index contributed by atoms with van der Waals surface area (Å²) in [6.07, 6.45) is 0. The van der Waals surface area contributed by atoms with E-state index in [1.54, 1.807) is 6.07 Å². The Morgan fingerprint density at radius 1 is 0.389 bits per heavy atom. The van der Waals surface area contributed by atoms with Crippen LogP contribution in [0.1, 0.15) is 8.22 Å². The van der Waals surface area contributed by atoms with Crippen LogP contribution >= 0.6 is 0 Å². The number of fused-ring (bicyclic) bond motifs is 8. The van der Waals surface area contributed by atoms with Gasteiger partial charge in [-0.05, 0) is 46.3 Å². The van der Waals surface area contributed by atoms with Gasteiger partial charge in [-0.2, -0.15) is 0 Å². The van der Waals surface area contributed by atoms with E-state index in [-0.39, 0.29) is 47.2 Å². The molecule has 0 atom stereocenters. The molecule has 0 bridgehead atoms. The number of aromatic nitrogens is 3. The average Bonchev–Trinajstić information content (AvgIpc) is 3.86. The number of rotatable bonds is 5. The van der Waals surface area contributed by atoms with Gasteiger partial charge in [0.05, 0.1) is 8.22 Å². The highest BCUT2D eigenvalue weighted by Crippen LogP contribution is 2.41. The predicted octanol–water partition coefficient (Wildman–Crippen LogP) is 13.2. The van der Waals surface area contributed by atoms with E-state index >= 15 is 0 Å². The fourth-order valence-corrected chi connectivity index (χ4v) is 7.28. The zero-order valence-corrected chi connectivity index (χ0v) is 28.4. The van der Waals surface area contributed by atoms with E-state index in [9.17, 15) is 0 Å². The van der Waals surface area contributed by atoms with Gasteiger partial charge in [0, 0.05) is 49.2 Å². The van der Waals surface area contributed by atoms with Crippen molar-refractivity contribution < 1.29 is 17.1 Å². The van der Waals surface area contributed by atoms with Crippen molar-refractivity contribution in [1.29, 1.82) is 0 Å². The van der Waals surface area contributed by atoms with Crippen LogP contribution in [0.3, 0.4) is 0 Å². The van der Waals surface area contributed by atoms with Crippen LogP contribution in [0.2, 0.25) is 0 Å². The van der Waals surface area contributed by atoms with Crippen LogP contribution in [0.4, 0.5) is 0 Å². The molecule has 54 heavy (non-hydrogen) atoms. The van der Waals surface area contributed by atoms with Crippen molar-refractivity contribution in [3.05, 3.63) is 176 Å². The monoisotopic (exact) mass is 697 g/mol. The predicted molar refractivity (Wildman–Crippen MR) is 219 cm³/mol. The van der Waals surface area contributed by atoms with Gasteiger partial charge in [0.15, 0.2) is 17.5 Å². The first-order valence-corrected chi connectivity index (χ1v) is 17.5. The van der Waals surface area contributed by atoms with Crippen molar-refractivity contribution in [2.75, 3.05) is 0 Å². The van der Waals surface area contributed by atoms with Crippen LogP contribution in [0, 0.1) is 0 Å². The highest BCUT2D eigenvalue weighted by Gasteiger charge is 2.18. The van der Waals surface area contributed by atoms with Gasteiger partial charge in [-0.15, -0.1) is 0 Å². The van der Waals surface area contributed by atoms with Crippen molar-refractivity contribution in [2.24, 2.45) is 0 Å². The van der Waals surface area contributed by atoms with E-state index in [1.165, 1.54) is 12.1 Å². The molecule has 0 fully saturated rings. The van der Waals surface area contributed by atoms with Crippen LogP contribution in [-0.2, 0) is 0 Å². The molecule has 3 heterocycles. The molecular weight excluding hydrogens is 663 g/mol. The largest absolute Gasteiger partial charge is 0.455 e. The summed E-state index contributed by atoms with van der Waals surface area (Å²) in [5.74, 6) is 1.39.